The summed E-state index contributed by atoms with van der Waals surface area (Å²) in [5.74, 6) is 0.535. The molecule has 0 radical (unpaired) electrons. The molecular formula is C12H16Cl3N3O. The Morgan fingerprint density at radius 1 is 1.42 bits per heavy atom. The van der Waals surface area contributed by atoms with Crippen molar-refractivity contribution in [3.8, 4) is 0 Å². The predicted octanol–water partition coefficient (Wildman–Crippen LogP) is 3.17. The molecule has 1 unspecified atom stereocenters. The molecule has 1 aliphatic heterocycles. The Balaban J connectivity index is 1.93. The number of nitrogens with zero attached hydrogens (tertiary/aromatic N) is 2. The fourth-order valence-corrected chi connectivity index (χ4v) is 2.53. The Morgan fingerprint density at radius 3 is 2.95 bits per heavy atom. The van der Waals surface area contributed by atoms with Crippen LogP contribution in [0.25, 0.3) is 0 Å². The van der Waals surface area contributed by atoms with Crippen LogP contribution in [0.5, 0.6) is 0 Å². The summed E-state index contributed by atoms with van der Waals surface area (Å²) >= 11 is 17.8. The molecule has 1 N–H and O–H groups in total. The molecule has 4 nitrogen and oxygen atoms in total. The SMILES string of the molecule is CCN1CCOC(CNc2nc(Cl)c(Cl)cc2Cl)C1. The number of hydrogen-bond acceptors (Lipinski definition) is 4. The molecule has 0 aromatic carbocycles. The number of anilines is 1. The van der Waals surface area contributed by atoms with Gasteiger partial charge >= 0.3 is 0 Å². The number of aromatic nitrogens is 1. The predicted molar refractivity (Wildman–Crippen MR) is 79.6 cm³/mol. The van der Waals surface area contributed by atoms with Crippen LogP contribution in [-0.2, 0) is 4.74 Å². The van der Waals surface area contributed by atoms with Gasteiger partial charge < -0.3 is 10.1 Å². The molecule has 7 heteroatoms. The van der Waals surface area contributed by atoms with Gasteiger partial charge in [-0.25, -0.2) is 4.98 Å². The summed E-state index contributed by atoms with van der Waals surface area (Å²) in [4.78, 5) is 6.46. The van der Waals surface area contributed by atoms with Crippen molar-refractivity contribution in [2.75, 3.05) is 38.1 Å². The van der Waals surface area contributed by atoms with Gasteiger partial charge in [0, 0.05) is 19.6 Å². The lowest BCUT2D eigenvalue weighted by Gasteiger charge is -2.32. The number of likely N-dealkylation sites (N-methyl/N-ethyl adjacent to an activating group) is 1. The van der Waals surface area contributed by atoms with E-state index in [9.17, 15) is 0 Å². The monoisotopic (exact) mass is 323 g/mol. The molecule has 1 saturated heterocycles. The number of halogens is 3. The highest BCUT2D eigenvalue weighted by molar-refractivity contribution is 6.42. The minimum absolute atomic E-state index is 0.126. The van der Waals surface area contributed by atoms with Crippen LogP contribution >= 0.6 is 34.8 Å². The summed E-state index contributed by atoms with van der Waals surface area (Å²) in [6, 6.07) is 1.58. The molecule has 0 aliphatic carbocycles. The standard InChI is InChI=1S/C12H16Cl3N3O/c1-2-18-3-4-19-8(7-18)6-16-12-10(14)5-9(13)11(15)17-12/h5,8H,2-4,6-7H2,1H3,(H,16,17). The van der Waals surface area contributed by atoms with Crippen LogP contribution in [0.4, 0.5) is 5.82 Å². The third-order valence-corrected chi connectivity index (χ3v) is 4.02. The maximum atomic E-state index is 6.06. The first-order valence-corrected chi connectivity index (χ1v) is 7.33. The summed E-state index contributed by atoms with van der Waals surface area (Å²) in [5, 5.41) is 4.21. The average molecular weight is 325 g/mol. The van der Waals surface area contributed by atoms with E-state index in [4.69, 9.17) is 39.5 Å². The van der Waals surface area contributed by atoms with Crippen molar-refractivity contribution in [2.45, 2.75) is 13.0 Å². The molecule has 0 spiro atoms. The van der Waals surface area contributed by atoms with Crippen molar-refractivity contribution >= 4 is 40.6 Å². The molecule has 106 valence electrons. The van der Waals surface area contributed by atoms with Crippen molar-refractivity contribution in [2.24, 2.45) is 0 Å². The minimum atomic E-state index is 0.126. The fraction of sp³-hybridized carbons (Fsp3) is 0.583. The molecule has 1 aliphatic rings. The van der Waals surface area contributed by atoms with Gasteiger partial charge in [0.2, 0.25) is 0 Å². The molecule has 1 aromatic heterocycles. The average Bonchev–Trinajstić information content (AvgIpc) is 2.41. The summed E-state index contributed by atoms with van der Waals surface area (Å²) in [5.41, 5.74) is 0. The largest absolute Gasteiger partial charge is 0.374 e. The van der Waals surface area contributed by atoms with Gasteiger partial charge in [0.25, 0.3) is 0 Å². The summed E-state index contributed by atoms with van der Waals surface area (Å²) in [7, 11) is 0. The second kappa shape index (κ2) is 6.95. The topological polar surface area (TPSA) is 37.4 Å². The van der Waals surface area contributed by atoms with Gasteiger partial charge in [-0.05, 0) is 12.6 Å². The van der Waals surface area contributed by atoms with Crippen molar-refractivity contribution in [1.29, 1.82) is 0 Å². The molecule has 1 atom stereocenters. The van der Waals surface area contributed by atoms with E-state index in [0.717, 1.165) is 26.2 Å². The first kappa shape index (κ1) is 15.1. The normalized spacial score (nSPS) is 20.5. The van der Waals surface area contributed by atoms with Crippen LogP contribution in [0.2, 0.25) is 15.2 Å². The van der Waals surface area contributed by atoms with E-state index in [1.165, 1.54) is 0 Å². The molecule has 0 bridgehead atoms. The number of ether oxygens (including phenoxy) is 1. The van der Waals surface area contributed by atoms with Gasteiger partial charge in [-0.2, -0.15) is 0 Å². The molecule has 2 rings (SSSR count). The van der Waals surface area contributed by atoms with E-state index in [-0.39, 0.29) is 11.3 Å². The maximum Gasteiger partial charge on any atom is 0.150 e. The van der Waals surface area contributed by atoms with Gasteiger partial charge in [-0.15, -0.1) is 0 Å². The van der Waals surface area contributed by atoms with Gasteiger partial charge in [-0.1, -0.05) is 41.7 Å². The van der Waals surface area contributed by atoms with E-state index in [2.05, 4.69) is 22.1 Å². The van der Waals surface area contributed by atoms with Crippen molar-refractivity contribution in [3.63, 3.8) is 0 Å². The summed E-state index contributed by atoms with van der Waals surface area (Å²) < 4.78 is 5.69. The van der Waals surface area contributed by atoms with Crippen LogP contribution < -0.4 is 5.32 Å². The quantitative estimate of drug-likeness (QED) is 0.863. The molecule has 0 amide bonds. The molecule has 0 saturated carbocycles. The van der Waals surface area contributed by atoms with Gasteiger partial charge in [0.05, 0.1) is 22.8 Å². The third kappa shape index (κ3) is 4.10. The smallest absolute Gasteiger partial charge is 0.150 e. The number of rotatable bonds is 4. The van der Waals surface area contributed by atoms with Crippen LogP contribution in [0.1, 0.15) is 6.92 Å². The van der Waals surface area contributed by atoms with Gasteiger partial charge in [-0.3, -0.25) is 4.90 Å². The Kier molecular flexibility index (Phi) is 5.54. The first-order chi connectivity index (χ1) is 9.10. The van der Waals surface area contributed by atoms with Crippen molar-refractivity contribution in [3.05, 3.63) is 21.3 Å². The summed E-state index contributed by atoms with van der Waals surface area (Å²) in [6.07, 6.45) is 0.126. The number of morpholine rings is 1. The number of hydrogen-bond donors (Lipinski definition) is 1. The Labute approximate surface area is 128 Å². The van der Waals surface area contributed by atoms with Gasteiger partial charge in [0.1, 0.15) is 11.0 Å². The molecule has 1 fully saturated rings. The second-order valence-corrected chi connectivity index (χ2v) is 5.53. The number of nitrogens with one attached hydrogen (secondary N) is 1. The zero-order valence-electron chi connectivity index (χ0n) is 10.6. The molecule has 19 heavy (non-hydrogen) atoms. The number of pyridine rings is 1. The Morgan fingerprint density at radius 2 is 2.21 bits per heavy atom. The Bertz CT molecular complexity index is 444. The lowest BCUT2D eigenvalue weighted by atomic mass is 10.2. The third-order valence-electron chi connectivity index (χ3n) is 3.05. The van der Waals surface area contributed by atoms with E-state index >= 15 is 0 Å². The maximum absolute atomic E-state index is 6.06. The van der Waals surface area contributed by atoms with Crippen LogP contribution in [0.15, 0.2) is 6.07 Å². The van der Waals surface area contributed by atoms with E-state index < -0.39 is 0 Å². The highest BCUT2D eigenvalue weighted by Crippen LogP contribution is 2.28. The Hall–Kier alpha value is -0.260. The first-order valence-electron chi connectivity index (χ1n) is 6.19. The van der Waals surface area contributed by atoms with Crippen LogP contribution in [0.3, 0.4) is 0 Å². The second-order valence-electron chi connectivity index (χ2n) is 4.36. The van der Waals surface area contributed by atoms with E-state index in [0.29, 0.717) is 22.4 Å². The van der Waals surface area contributed by atoms with Gasteiger partial charge in [0.15, 0.2) is 0 Å². The van der Waals surface area contributed by atoms with Crippen molar-refractivity contribution in [1.82, 2.24) is 9.88 Å². The van der Waals surface area contributed by atoms with Crippen molar-refractivity contribution < 1.29 is 4.74 Å². The molecule has 2 heterocycles. The summed E-state index contributed by atoms with van der Waals surface area (Å²) in [6.45, 7) is 6.46. The van der Waals surface area contributed by atoms with E-state index in [1.807, 2.05) is 0 Å². The van der Waals surface area contributed by atoms with Crippen LogP contribution in [0, 0.1) is 0 Å². The highest BCUT2D eigenvalue weighted by atomic mass is 35.5. The highest BCUT2D eigenvalue weighted by Gasteiger charge is 2.19. The lowest BCUT2D eigenvalue weighted by molar-refractivity contribution is -0.0192. The molecule has 1 aromatic rings. The minimum Gasteiger partial charge on any atom is -0.374 e. The fourth-order valence-electron chi connectivity index (χ4n) is 1.97. The zero-order valence-corrected chi connectivity index (χ0v) is 12.9. The lowest BCUT2D eigenvalue weighted by Crippen LogP contribution is -2.45. The van der Waals surface area contributed by atoms with E-state index in [1.54, 1.807) is 6.07 Å². The molecular weight excluding hydrogens is 309 g/mol. The van der Waals surface area contributed by atoms with Crippen LogP contribution in [-0.4, -0.2) is 48.8 Å². The zero-order chi connectivity index (χ0) is 13.8.